The van der Waals surface area contributed by atoms with Crippen LogP contribution in [0.4, 0.5) is 0 Å². The molecule has 0 spiro atoms. The van der Waals surface area contributed by atoms with Crippen LogP contribution in [0.25, 0.3) is 0 Å². The molecule has 0 aliphatic carbocycles. The maximum Gasteiger partial charge on any atom is 0.251 e. The number of hydrogen-bond acceptors (Lipinski definition) is 2. The first-order valence-electron chi connectivity index (χ1n) is 6.58. The molecular weight excluding hydrogens is 299 g/mol. The van der Waals surface area contributed by atoms with Crippen LogP contribution in [0.3, 0.4) is 0 Å². The lowest BCUT2D eigenvalue weighted by atomic mass is 10.2. The SMILES string of the molecule is O=C(NCCCN1CCCC1=O)c1cc(Cl)cc(Cl)c1. The Morgan fingerprint density at radius 3 is 2.55 bits per heavy atom. The molecule has 0 saturated carbocycles. The summed E-state index contributed by atoms with van der Waals surface area (Å²) in [7, 11) is 0. The normalized spacial score (nSPS) is 14.7. The topological polar surface area (TPSA) is 49.4 Å². The van der Waals surface area contributed by atoms with Crippen LogP contribution >= 0.6 is 23.2 Å². The average molecular weight is 315 g/mol. The molecule has 108 valence electrons. The number of nitrogens with zero attached hydrogens (tertiary/aromatic N) is 1. The van der Waals surface area contributed by atoms with Gasteiger partial charge in [-0.25, -0.2) is 0 Å². The third-order valence-electron chi connectivity index (χ3n) is 3.19. The van der Waals surface area contributed by atoms with Crippen molar-refractivity contribution in [2.45, 2.75) is 19.3 Å². The molecule has 1 aromatic carbocycles. The second-order valence-corrected chi connectivity index (χ2v) is 5.62. The number of likely N-dealkylation sites (tertiary alicyclic amines) is 1. The van der Waals surface area contributed by atoms with E-state index in [-0.39, 0.29) is 11.8 Å². The summed E-state index contributed by atoms with van der Waals surface area (Å²) in [5.41, 5.74) is 0.444. The van der Waals surface area contributed by atoms with Crippen LogP contribution < -0.4 is 5.32 Å². The monoisotopic (exact) mass is 314 g/mol. The summed E-state index contributed by atoms with van der Waals surface area (Å²) >= 11 is 11.7. The Kier molecular flexibility index (Phi) is 5.26. The number of benzene rings is 1. The molecule has 2 rings (SSSR count). The van der Waals surface area contributed by atoms with E-state index in [1.165, 1.54) is 0 Å². The Morgan fingerprint density at radius 1 is 1.25 bits per heavy atom. The Labute approximate surface area is 128 Å². The van der Waals surface area contributed by atoms with E-state index < -0.39 is 0 Å². The quantitative estimate of drug-likeness (QED) is 0.850. The highest BCUT2D eigenvalue weighted by Crippen LogP contribution is 2.18. The van der Waals surface area contributed by atoms with Gasteiger partial charge >= 0.3 is 0 Å². The van der Waals surface area contributed by atoms with Crippen LogP contribution in [-0.4, -0.2) is 36.3 Å². The Bertz CT molecular complexity index is 500. The van der Waals surface area contributed by atoms with Gasteiger partial charge in [0.15, 0.2) is 0 Å². The van der Waals surface area contributed by atoms with Crippen molar-refractivity contribution in [3.05, 3.63) is 33.8 Å². The van der Waals surface area contributed by atoms with Gasteiger partial charge in [0.1, 0.15) is 0 Å². The van der Waals surface area contributed by atoms with Gasteiger partial charge < -0.3 is 10.2 Å². The minimum atomic E-state index is -0.206. The molecule has 6 heteroatoms. The molecule has 0 radical (unpaired) electrons. The van der Waals surface area contributed by atoms with E-state index in [9.17, 15) is 9.59 Å². The average Bonchev–Trinajstić information content (AvgIpc) is 2.79. The summed E-state index contributed by atoms with van der Waals surface area (Å²) in [6, 6.07) is 4.73. The van der Waals surface area contributed by atoms with E-state index in [0.717, 1.165) is 19.4 Å². The molecular formula is C14H16Cl2N2O2. The number of rotatable bonds is 5. The molecule has 1 aliphatic heterocycles. The third-order valence-corrected chi connectivity index (χ3v) is 3.62. The minimum Gasteiger partial charge on any atom is -0.352 e. The maximum absolute atomic E-state index is 11.9. The van der Waals surface area contributed by atoms with E-state index in [0.29, 0.717) is 35.1 Å². The molecule has 1 heterocycles. The van der Waals surface area contributed by atoms with Crippen LogP contribution in [0.1, 0.15) is 29.6 Å². The number of nitrogens with one attached hydrogen (secondary N) is 1. The number of carbonyl (C=O) groups excluding carboxylic acids is 2. The second-order valence-electron chi connectivity index (χ2n) is 4.75. The van der Waals surface area contributed by atoms with Gasteiger partial charge in [0.2, 0.25) is 5.91 Å². The fourth-order valence-electron chi connectivity index (χ4n) is 2.20. The zero-order valence-electron chi connectivity index (χ0n) is 11.0. The summed E-state index contributed by atoms with van der Waals surface area (Å²) in [6.45, 7) is 2.04. The van der Waals surface area contributed by atoms with Crippen molar-refractivity contribution in [2.75, 3.05) is 19.6 Å². The number of hydrogen-bond donors (Lipinski definition) is 1. The van der Waals surface area contributed by atoms with Crippen molar-refractivity contribution in [2.24, 2.45) is 0 Å². The van der Waals surface area contributed by atoms with Crippen LogP contribution in [0, 0.1) is 0 Å². The Morgan fingerprint density at radius 2 is 1.95 bits per heavy atom. The standard InChI is InChI=1S/C14H16Cl2N2O2/c15-11-7-10(8-12(16)9-11)14(20)17-4-2-6-18-5-1-3-13(18)19/h7-9H,1-6H2,(H,17,20). The van der Waals surface area contributed by atoms with Gasteiger partial charge in [0.25, 0.3) is 5.91 Å². The van der Waals surface area contributed by atoms with E-state index in [2.05, 4.69) is 5.32 Å². The second kappa shape index (κ2) is 6.95. The third kappa shape index (κ3) is 4.12. The molecule has 1 aromatic rings. The lowest BCUT2D eigenvalue weighted by Crippen LogP contribution is -2.30. The summed E-state index contributed by atoms with van der Waals surface area (Å²) in [5.74, 6) is 0.0000908. The first-order valence-corrected chi connectivity index (χ1v) is 7.34. The van der Waals surface area contributed by atoms with Gasteiger partial charge in [-0.15, -0.1) is 0 Å². The fourth-order valence-corrected chi connectivity index (χ4v) is 2.73. The molecule has 2 amide bonds. The maximum atomic E-state index is 11.9. The van der Waals surface area contributed by atoms with Gasteiger partial charge in [-0.05, 0) is 31.0 Å². The molecule has 1 aliphatic rings. The predicted molar refractivity (Wildman–Crippen MR) is 79.2 cm³/mol. The molecule has 1 fully saturated rings. The van der Waals surface area contributed by atoms with E-state index in [1.54, 1.807) is 18.2 Å². The highest BCUT2D eigenvalue weighted by molar-refractivity contribution is 6.35. The van der Waals surface area contributed by atoms with Crippen LogP contribution in [-0.2, 0) is 4.79 Å². The summed E-state index contributed by atoms with van der Waals surface area (Å²) in [6.07, 6.45) is 2.32. The lowest BCUT2D eigenvalue weighted by molar-refractivity contribution is -0.127. The van der Waals surface area contributed by atoms with Gasteiger partial charge in [0, 0.05) is 41.7 Å². The first kappa shape index (κ1) is 15.1. The molecule has 0 unspecified atom stereocenters. The molecule has 0 atom stereocenters. The molecule has 0 aromatic heterocycles. The van der Waals surface area contributed by atoms with Gasteiger partial charge in [0.05, 0.1) is 0 Å². The predicted octanol–water partition coefficient (Wildman–Crippen LogP) is 2.74. The highest BCUT2D eigenvalue weighted by Gasteiger charge is 2.19. The van der Waals surface area contributed by atoms with E-state index >= 15 is 0 Å². The molecule has 20 heavy (non-hydrogen) atoms. The highest BCUT2D eigenvalue weighted by atomic mass is 35.5. The number of halogens is 2. The molecule has 0 bridgehead atoms. The van der Waals surface area contributed by atoms with Crippen molar-refractivity contribution >= 4 is 35.0 Å². The first-order chi connectivity index (χ1) is 9.56. The van der Waals surface area contributed by atoms with Crippen LogP contribution in [0.15, 0.2) is 18.2 Å². The van der Waals surface area contributed by atoms with Crippen molar-refractivity contribution in [1.82, 2.24) is 10.2 Å². The lowest BCUT2D eigenvalue weighted by Gasteiger charge is -2.15. The van der Waals surface area contributed by atoms with E-state index in [4.69, 9.17) is 23.2 Å². The van der Waals surface area contributed by atoms with Gasteiger partial charge in [-0.3, -0.25) is 9.59 Å². The smallest absolute Gasteiger partial charge is 0.251 e. The largest absolute Gasteiger partial charge is 0.352 e. The zero-order chi connectivity index (χ0) is 14.5. The summed E-state index contributed by atoms with van der Waals surface area (Å²) in [5, 5.41) is 3.67. The summed E-state index contributed by atoms with van der Waals surface area (Å²) in [4.78, 5) is 25.1. The van der Waals surface area contributed by atoms with Crippen molar-refractivity contribution in [3.63, 3.8) is 0 Å². The van der Waals surface area contributed by atoms with Crippen LogP contribution in [0.5, 0.6) is 0 Å². The number of carbonyl (C=O) groups is 2. The minimum absolute atomic E-state index is 0.206. The Balaban J connectivity index is 1.76. The van der Waals surface area contributed by atoms with Gasteiger partial charge in [-0.2, -0.15) is 0 Å². The van der Waals surface area contributed by atoms with Crippen molar-refractivity contribution in [3.8, 4) is 0 Å². The van der Waals surface area contributed by atoms with Crippen molar-refractivity contribution < 1.29 is 9.59 Å². The van der Waals surface area contributed by atoms with Crippen LogP contribution in [0.2, 0.25) is 10.0 Å². The summed E-state index contributed by atoms with van der Waals surface area (Å²) < 4.78 is 0. The Hall–Kier alpha value is -1.26. The molecule has 1 saturated heterocycles. The zero-order valence-corrected chi connectivity index (χ0v) is 12.5. The van der Waals surface area contributed by atoms with Crippen molar-refractivity contribution in [1.29, 1.82) is 0 Å². The molecule has 4 nitrogen and oxygen atoms in total. The molecule has 1 N–H and O–H groups in total. The van der Waals surface area contributed by atoms with Gasteiger partial charge in [-0.1, -0.05) is 23.2 Å². The fraction of sp³-hybridized carbons (Fsp3) is 0.429. The number of amides is 2. The van der Waals surface area contributed by atoms with E-state index in [1.807, 2.05) is 4.90 Å².